The molecule has 0 aliphatic carbocycles. The summed E-state index contributed by atoms with van der Waals surface area (Å²) in [6, 6.07) is -4.33. The first-order chi connectivity index (χ1) is 52.6. The molecule has 5 rings (SSSR count). The van der Waals surface area contributed by atoms with E-state index in [4.69, 9.17) is 47.4 Å². The van der Waals surface area contributed by atoms with E-state index in [-0.39, 0.29) is 12.3 Å². The smallest absolute Gasteiger partial charge is 0.220 e. The van der Waals surface area contributed by atoms with Gasteiger partial charge in [0.1, 0.15) is 122 Å². The molecule has 27 atom stereocenters. The van der Waals surface area contributed by atoms with E-state index in [9.17, 15) is 91.0 Å². The van der Waals surface area contributed by atoms with Gasteiger partial charge >= 0.3 is 0 Å². The van der Waals surface area contributed by atoms with Crippen molar-refractivity contribution in [2.45, 2.75) is 424 Å². The van der Waals surface area contributed by atoms with Crippen LogP contribution in [0.15, 0.2) is 12.2 Å². The molecule has 5 aliphatic rings. The fraction of sp³-hybridized carbons (Fsp3) is 0.936. The van der Waals surface area contributed by atoms with Crippen molar-refractivity contribution in [2.24, 2.45) is 0 Å². The molecule has 3 amide bonds. The van der Waals surface area contributed by atoms with Gasteiger partial charge in [0.15, 0.2) is 31.5 Å². The first-order valence-corrected chi connectivity index (χ1v) is 41.5. The van der Waals surface area contributed by atoms with Crippen molar-refractivity contribution < 1.29 is 138 Å². The lowest BCUT2D eigenvalue weighted by Crippen LogP contribution is -2.71. The first kappa shape index (κ1) is 96.7. The van der Waals surface area contributed by atoms with Gasteiger partial charge in [-0.1, -0.05) is 231 Å². The van der Waals surface area contributed by atoms with Crippen molar-refractivity contribution in [3.05, 3.63) is 12.2 Å². The van der Waals surface area contributed by atoms with Gasteiger partial charge in [-0.2, -0.15) is 0 Å². The van der Waals surface area contributed by atoms with Gasteiger partial charge in [-0.05, 0) is 19.3 Å². The van der Waals surface area contributed by atoms with Crippen LogP contribution in [0.25, 0.3) is 0 Å². The quantitative estimate of drug-likeness (QED) is 0.0307. The normalized spacial score (nSPS) is 33.6. The van der Waals surface area contributed by atoms with Crippen LogP contribution in [0.1, 0.15) is 259 Å². The molecule has 109 heavy (non-hydrogen) atoms. The summed E-state index contributed by atoms with van der Waals surface area (Å²) in [6.07, 6.45) is 1.95. The Hall–Kier alpha value is -2.85. The fourth-order valence-electron chi connectivity index (χ4n) is 15.0. The van der Waals surface area contributed by atoms with E-state index in [1.165, 1.54) is 167 Å². The highest BCUT2D eigenvalue weighted by Gasteiger charge is 2.57. The Balaban J connectivity index is 1.15. The molecule has 0 bridgehead atoms. The summed E-state index contributed by atoms with van der Waals surface area (Å²) in [5, 5.41) is 175. The van der Waals surface area contributed by atoms with Crippen LogP contribution in [0.3, 0.4) is 0 Å². The largest absolute Gasteiger partial charge is 0.394 e. The van der Waals surface area contributed by atoms with Gasteiger partial charge in [0.2, 0.25) is 17.7 Å². The minimum Gasteiger partial charge on any atom is -0.394 e. The standard InChI is InChI=1S/C78H143N3O28/c1-5-7-9-11-13-15-17-19-20-21-22-23-24-25-26-27-28-30-32-34-36-38-40-42-58(90)81-51(52(89)41-39-37-35-33-31-29-18-16-14-12-10-8-6-2)48-100-76-67(97)65(95)70(56(46-85)104-76)106-77-68(98)66(96)71(57(47-86)105-77)107-78-69(99)73(63(93)55(45-84)103-78)109-75-60(80-50(4)88)72(62(92)54(44-83)102-75)108-74-59(79-49(3)87)64(94)61(91)53(43-82)101-74/h39,41,51-57,59-78,82-86,89,91-99H,5-38,40,42-48H2,1-4H3,(H,79,87)(H,80,88)(H,81,90)/b41-39+/t51-,52+,53?,54?,55?,56?,57?,59?,60?,61-,62-,63-,64+,65+,66+,67?,68?,69?,70+,71-,72+,73-,74+,75-,76+,77-,78-/m0/s1. The van der Waals surface area contributed by atoms with Gasteiger partial charge in [-0.15, -0.1) is 0 Å². The van der Waals surface area contributed by atoms with Crippen LogP contribution in [-0.2, 0) is 61.8 Å². The number of nitrogens with one attached hydrogen (secondary N) is 3. The van der Waals surface area contributed by atoms with Crippen molar-refractivity contribution in [3.8, 4) is 0 Å². The van der Waals surface area contributed by atoms with E-state index in [1.807, 2.05) is 6.08 Å². The Labute approximate surface area is 645 Å². The Morgan fingerprint density at radius 2 is 0.688 bits per heavy atom. The van der Waals surface area contributed by atoms with Crippen LogP contribution in [-0.4, -0.2) is 300 Å². The highest BCUT2D eigenvalue weighted by atomic mass is 16.8. The molecule has 0 radical (unpaired) electrons. The summed E-state index contributed by atoms with van der Waals surface area (Å²) in [7, 11) is 0. The third-order valence-electron chi connectivity index (χ3n) is 21.6. The topological polar surface area (TPSA) is 483 Å². The zero-order valence-electron chi connectivity index (χ0n) is 65.5. The molecular weight excluding hydrogens is 1430 g/mol. The Morgan fingerprint density at radius 3 is 1.12 bits per heavy atom. The number of amides is 3. The number of hydrogen-bond acceptors (Lipinski definition) is 28. The van der Waals surface area contributed by atoms with Crippen molar-refractivity contribution in [1.82, 2.24) is 16.0 Å². The highest BCUT2D eigenvalue weighted by Crippen LogP contribution is 2.37. The van der Waals surface area contributed by atoms with Crippen LogP contribution >= 0.6 is 0 Å². The number of aliphatic hydroxyl groups excluding tert-OH is 15. The van der Waals surface area contributed by atoms with Gasteiger partial charge in [0.05, 0.1) is 51.8 Å². The second-order valence-corrected chi connectivity index (χ2v) is 30.7. The van der Waals surface area contributed by atoms with Gasteiger partial charge in [-0.25, -0.2) is 0 Å². The molecule has 10 unspecified atom stereocenters. The summed E-state index contributed by atoms with van der Waals surface area (Å²) in [6.45, 7) is 1.43. The lowest BCUT2D eigenvalue weighted by Gasteiger charge is -2.50. The molecule has 0 aromatic carbocycles. The summed E-state index contributed by atoms with van der Waals surface area (Å²) in [5.74, 6) is -1.87. The maximum absolute atomic E-state index is 13.5. The van der Waals surface area contributed by atoms with E-state index in [1.54, 1.807) is 6.08 Å². The van der Waals surface area contributed by atoms with Crippen molar-refractivity contribution in [2.75, 3.05) is 39.6 Å². The van der Waals surface area contributed by atoms with E-state index in [0.717, 1.165) is 58.8 Å². The molecular formula is C78H143N3O28. The van der Waals surface area contributed by atoms with E-state index >= 15 is 0 Å². The Kier molecular flexibility index (Phi) is 48.7. The molecule has 18 N–H and O–H groups in total. The minimum atomic E-state index is -2.20. The lowest BCUT2D eigenvalue weighted by molar-refractivity contribution is -0.388. The second kappa shape index (κ2) is 54.9. The van der Waals surface area contributed by atoms with E-state index < -0.39 is 217 Å². The number of hydrogen-bond donors (Lipinski definition) is 18. The lowest BCUT2D eigenvalue weighted by atomic mass is 9.93. The van der Waals surface area contributed by atoms with Crippen molar-refractivity contribution in [3.63, 3.8) is 0 Å². The number of rotatable bonds is 57. The minimum absolute atomic E-state index is 0.196. The monoisotopic (exact) mass is 1570 g/mol. The van der Waals surface area contributed by atoms with Gasteiger partial charge in [0, 0.05) is 20.3 Å². The van der Waals surface area contributed by atoms with Crippen LogP contribution in [0, 0.1) is 0 Å². The predicted octanol–water partition coefficient (Wildman–Crippen LogP) is 2.87. The van der Waals surface area contributed by atoms with E-state index in [2.05, 4.69) is 29.8 Å². The van der Waals surface area contributed by atoms with E-state index in [0.29, 0.717) is 12.8 Å². The SMILES string of the molecule is CCCCCCCCCCCCC/C=C/[C@@H](O)[C@H](CO[C@@H]1OC(CO)[C@@H](O[C@@H]2OC(CO)[C@H](O[C@@H]3OC(CO)[C@H](O)[C@H](O[C@@H]4OC(CO)[C@H](O)[C@H](O[C@H]5OC(CO)[C@H](O)[C@H](O)C5NC(C)=O)C4NC(C)=O)C3O)[C@H](O)C2O)[C@H](O)C1O)NC(=O)CCCCCCCCCCCCCCCCCCCCCCCCC. The summed E-state index contributed by atoms with van der Waals surface area (Å²) in [5.41, 5.74) is 0. The first-order valence-electron chi connectivity index (χ1n) is 41.5. The molecule has 5 saturated heterocycles. The third kappa shape index (κ3) is 33.0. The van der Waals surface area contributed by atoms with Crippen molar-refractivity contribution >= 4 is 17.7 Å². The Bertz CT molecular complexity index is 2410. The number of ether oxygens (including phenoxy) is 10. The molecule has 0 aromatic rings. The molecule has 31 nitrogen and oxygen atoms in total. The zero-order valence-corrected chi connectivity index (χ0v) is 65.5. The second-order valence-electron chi connectivity index (χ2n) is 30.7. The average Bonchev–Trinajstić information content (AvgIpc) is 0.772. The fourth-order valence-corrected chi connectivity index (χ4v) is 15.0. The highest BCUT2D eigenvalue weighted by molar-refractivity contribution is 5.76. The molecule has 5 fully saturated rings. The van der Waals surface area contributed by atoms with Crippen LogP contribution < -0.4 is 16.0 Å². The molecule has 5 aliphatic heterocycles. The predicted molar refractivity (Wildman–Crippen MR) is 398 cm³/mol. The molecule has 0 spiro atoms. The number of unbranched alkanes of at least 4 members (excludes halogenated alkanes) is 33. The zero-order chi connectivity index (χ0) is 79.6. The average molecular weight is 1570 g/mol. The molecule has 0 saturated carbocycles. The van der Waals surface area contributed by atoms with Gasteiger partial charge in [0.25, 0.3) is 0 Å². The van der Waals surface area contributed by atoms with Crippen molar-refractivity contribution in [1.29, 1.82) is 0 Å². The maximum atomic E-state index is 13.5. The molecule has 0 aromatic heterocycles. The third-order valence-corrected chi connectivity index (χ3v) is 21.6. The number of aliphatic hydroxyl groups is 15. The Morgan fingerprint density at radius 1 is 0.358 bits per heavy atom. The molecule has 638 valence electrons. The maximum Gasteiger partial charge on any atom is 0.220 e. The van der Waals surface area contributed by atoms with Crippen LogP contribution in [0.5, 0.6) is 0 Å². The van der Waals surface area contributed by atoms with Gasteiger partial charge in [-0.3, -0.25) is 14.4 Å². The number of allylic oxidation sites excluding steroid dienone is 1. The van der Waals surface area contributed by atoms with Crippen LogP contribution in [0.4, 0.5) is 0 Å². The summed E-state index contributed by atoms with van der Waals surface area (Å²) < 4.78 is 59.2. The summed E-state index contributed by atoms with van der Waals surface area (Å²) >= 11 is 0. The number of carbonyl (C=O) groups excluding carboxylic acids is 3. The van der Waals surface area contributed by atoms with Crippen LogP contribution in [0.2, 0.25) is 0 Å². The number of carbonyl (C=O) groups is 3. The summed E-state index contributed by atoms with van der Waals surface area (Å²) in [4.78, 5) is 38.6. The molecule has 5 heterocycles. The van der Waals surface area contributed by atoms with Gasteiger partial charge < -0.3 is 140 Å². The molecule has 31 heteroatoms.